The highest BCUT2D eigenvalue weighted by Gasteiger charge is 2.40. The fourth-order valence-electron chi connectivity index (χ4n) is 2.55. The number of aromatic nitrogens is 1. The highest BCUT2D eigenvalue weighted by molar-refractivity contribution is 7.90. The summed E-state index contributed by atoms with van der Waals surface area (Å²) in [5, 5.41) is -0.180. The molecule has 0 N–H and O–H groups in total. The molecule has 2 fully saturated rings. The minimum Gasteiger partial charge on any atom is -0.353 e. The predicted octanol–water partition coefficient (Wildman–Crippen LogP) is 1.22. The van der Waals surface area contributed by atoms with Crippen LogP contribution in [0.2, 0.25) is 0 Å². The molecule has 110 valence electrons. The molecule has 1 aliphatic carbocycles. The number of hydrogen-bond acceptors (Lipinski definition) is 4. The Balaban J connectivity index is 1.73. The van der Waals surface area contributed by atoms with Crippen molar-refractivity contribution < 1.29 is 12.8 Å². The van der Waals surface area contributed by atoms with Crippen LogP contribution in [-0.4, -0.2) is 49.1 Å². The van der Waals surface area contributed by atoms with Crippen molar-refractivity contribution in [3.8, 4) is 0 Å². The third kappa shape index (κ3) is 2.64. The van der Waals surface area contributed by atoms with Gasteiger partial charge in [0, 0.05) is 32.4 Å². The second-order valence-electron chi connectivity index (χ2n) is 5.29. The number of pyridine rings is 1. The minimum atomic E-state index is -3.14. The summed E-state index contributed by atoms with van der Waals surface area (Å²) in [5.74, 6) is -0.0378. The van der Waals surface area contributed by atoms with Gasteiger partial charge >= 0.3 is 0 Å². The summed E-state index contributed by atoms with van der Waals surface area (Å²) in [7, 11) is -3.14. The molecule has 0 radical (unpaired) electrons. The quantitative estimate of drug-likeness (QED) is 0.842. The maximum atomic E-state index is 13.7. The third-order valence-corrected chi connectivity index (χ3v) is 6.20. The molecular weight excluding hydrogens is 281 g/mol. The van der Waals surface area contributed by atoms with Crippen molar-refractivity contribution in [2.75, 3.05) is 31.1 Å². The van der Waals surface area contributed by atoms with E-state index in [0.29, 0.717) is 38.4 Å². The van der Waals surface area contributed by atoms with E-state index in [1.807, 2.05) is 4.90 Å². The Hall–Kier alpha value is -1.21. The van der Waals surface area contributed by atoms with Crippen molar-refractivity contribution in [2.24, 2.45) is 0 Å². The summed E-state index contributed by atoms with van der Waals surface area (Å²) in [5.41, 5.74) is 0. The van der Waals surface area contributed by atoms with Gasteiger partial charge in [-0.05, 0) is 31.4 Å². The summed E-state index contributed by atoms with van der Waals surface area (Å²) in [6.07, 6.45) is 3.80. The Labute approximate surface area is 118 Å². The molecule has 0 amide bonds. The molecule has 0 atom stereocenters. The lowest BCUT2D eigenvalue weighted by atomic mass is 10.3. The van der Waals surface area contributed by atoms with E-state index in [4.69, 9.17) is 0 Å². The predicted molar refractivity (Wildman–Crippen MR) is 74.5 cm³/mol. The van der Waals surface area contributed by atoms with E-state index >= 15 is 0 Å². The van der Waals surface area contributed by atoms with Gasteiger partial charge in [-0.15, -0.1) is 0 Å². The van der Waals surface area contributed by atoms with E-state index in [0.717, 1.165) is 12.8 Å². The molecule has 1 saturated carbocycles. The molecular formula is C13H18FN3O2S. The summed E-state index contributed by atoms with van der Waals surface area (Å²) < 4.78 is 39.8. The standard InChI is InChI=1S/C13H18FN3O2S/c14-12-3-1-6-15-13(12)16-7-2-8-17(10-9-16)20(18,19)11-4-5-11/h1,3,6,11H,2,4-5,7-10H2. The number of halogens is 1. The monoisotopic (exact) mass is 299 g/mol. The Morgan fingerprint density at radius 2 is 2.00 bits per heavy atom. The maximum Gasteiger partial charge on any atom is 0.217 e. The SMILES string of the molecule is O=S(=O)(C1CC1)N1CCCN(c2ncccc2F)CC1. The van der Waals surface area contributed by atoms with Crippen LogP contribution in [0.5, 0.6) is 0 Å². The molecule has 2 heterocycles. The molecule has 0 bridgehead atoms. The number of nitrogens with zero attached hydrogens (tertiary/aromatic N) is 3. The molecule has 1 saturated heterocycles. The molecule has 0 spiro atoms. The number of hydrogen-bond donors (Lipinski definition) is 0. The van der Waals surface area contributed by atoms with E-state index in [2.05, 4.69) is 4.98 Å². The van der Waals surface area contributed by atoms with Crippen LogP contribution in [0.15, 0.2) is 18.3 Å². The molecule has 1 aromatic heterocycles. The van der Waals surface area contributed by atoms with Gasteiger partial charge in [-0.1, -0.05) is 0 Å². The first-order valence-corrected chi connectivity index (χ1v) is 8.44. The lowest BCUT2D eigenvalue weighted by Crippen LogP contribution is -2.37. The zero-order chi connectivity index (χ0) is 14.2. The molecule has 5 nitrogen and oxygen atoms in total. The zero-order valence-electron chi connectivity index (χ0n) is 11.2. The molecule has 7 heteroatoms. The summed E-state index contributed by atoms with van der Waals surface area (Å²) in [6.45, 7) is 2.04. The fourth-order valence-corrected chi connectivity index (χ4v) is 4.42. The molecule has 0 unspecified atom stereocenters. The highest BCUT2D eigenvalue weighted by Crippen LogP contribution is 2.31. The van der Waals surface area contributed by atoms with Crippen LogP contribution in [-0.2, 0) is 10.0 Å². The van der Waals surface area contributed by atoms with E-state index in [-0.39, 0.29) is 11.1 Å². The van der Waals surface area contributed by atoms with Crippen molar-refractivity contribution in [2.45, 2.75) is 24.5 Å². The van der Waals surface area contributed by atoms with Crippen LogP contribution in [0.1, 0.15) is 19.3 Å². The summed E-state index contributed by atoms with van der Waals surface area (Å²) >= 11 is 0. The minimum absolute atomic E-state index is 0.180. The van der Waals surface area contributed by atoms with Gasteiger partial charge in [0.2, 0.25) is 10.0 Å². The van der Waals surface area contributed by atoms with Crippen LogP contribution in [0, 0.1) is 5.82 Å². The summed E-state index contributed by atoms with van der Waals surface area (Å²) in [6, 6.07) is 2.94. The zero-order valence-corrected chi connectivity index (χ0v) is 12.0. The van der Waals surface area contributed by atoms with Crippen LogP contribution >= 0.6 is 0 Å². The van der Waals surface area contributed by atoms with Gasteiger partial charge in [-0.3, -0.25) is 0 Å². The second kappa shape index (κ2) is 5.29. The van der Waals surface area contributed by atoms with Crippen molar-refractivity contribution in [3.63, 3.8) is 0 Å². The van der Waals surface area contributed by atoms with Gasteiger partial charge in [0.25, 0.3) is 0 Å². The molecule has 3 rings (SSSR count). The Bertz CT molecular complexity index is 589. The van der Waals surface area contributed by atoms with Crippen molar-refractivity contribution in [3.05, 3.63) is 24.1 Å². The summed E-state index contributed by atoms with van der Waals surface area (Å²) in [4.78, 5) is 5.89. The normalized spacial score (nSPS) is 21.8. The Kier molecular flexibility index (Phi) is 3.64. The molecule has 1 aliphatic heterocycles. The maximum absolute atomic E-state index is 13.7. The second-order valence-corrected chi connectivity index (χ2v) is 7.51. The molecule has 1 aromatic rings. The molecule has 2 aliphatic rings. The van der Waals surface area contributed by atoms with E-state index < -0.39 is 10.0 Å². The van der Waals surface area contributed by atoms with Gasteiger partial charge in [0.15, 0.2) is 11.6 Å². The first kappa shape index (κ1) is 13.8. The van der Waals surface area contributed by atoms with Gasteiger partial charge in [0.05, 0.1) is 5.25 Å². The first-order valence-electron chi connectivity index (χ1n) is 6.93. The van der Waals surface area contributed by atoms with E-state index in [1.165, 1.54) is 6.07 Å². The average molecular weight is 299 g/mol. The average Bonchev–Trinajstić information content (AvgIpc) is 3.26. The van der Waals surface area contributed by atoms with Crippen molar-refractivity contribution in [1.29, 1.82) is 0 Å². The van der Waals surface area contributed by atoms with Crippen LogP contribution in [0.4, 0.5) is 10.2 Å². The first-order chi connectivity index (χ1) is 9.59. The van der Waals surface area contributed by atoms with Gasteiger partial charge in [-0.2, -0.15) is 4.31 Å². The third-order valence-electron chi connectivity index (χ3n) is 3.80. The van der Waals surface area contributed by atoms with E-state index in [1.54, 1.807) is 16.6 Å². The Morgan fingerprint density at radius 3 is 2.70 bits per heavy atom. The highest BCUT2D eigenvalue weighted by atomic mass is 32.2. The van der Waals surface area contributed by atoms with Crippen molar-refractivity contribution >= 4 is 15.8 Å². The number of rotatable bonds is 3. The van der Waals surface area contributed by atoms with Crippen LogP contribution < -0.4 is 4.90 Å². The topological polar surface area (TPSA) is 53.5 Å². The lowest BCUT2D eigenvalue weighted by molar-refractivity contribution is 0.432. The smallest absolute Gasteiger partial charge is 0.217 e. The van der Waals surface area contributed by atoms with Crippen LogP contribution in [0.3, 0.4) is 0 Å². The van der Waals surface area contributed by atoms with E-state index in [9.17, 15) is 12.8 Å². The van der Waals surface area contributed by atoms with Gasteiger partial charge < -0.3 is 4.90 Å². The number of sulfonamides is 1. The lowest BCUT2D eigenvalue weighted by Gasteiger charge is -2.22. The van der Waals surface area contributed by atoms with Gasteiger partial charge in [-0.25, -0.2) is 17.8 Å². The largest absolute Gasteiger partial charge is 0.353 e. The van der Waals surface area contributed by atoms with Crippen LogP contribution in [0.25, 0.3) is 0 Å². The molecule has 0 aromatic carbocycles. The number of anilines is 1. The van der Waals surface area contributed by atoms with Gasteiger partial charge in [0.1, 0.15) is 0 Å². The molecule has 20 heavy (non-hydrogen) atoms. The Morgan fingerprint density at radius 1 is 1.20 bits per heavy atom. The van der Waals surface area contributed by atoms with Crippen molar-refractivity contribution in [1.82, 2.24) is 9.29 Å². The fraction of sp³-hybridized carbons (Fsp3) is 0.615.